The van der Waals surface area contributed by atoms with Gasteiger partial charge in [-0.3, -0.25) is 0 Å². The summed E-state index contributed by atoms with van der Waals surface area (Å²) in [5.74, 6) is -0.146. The van der Waals surface area contributed by atoms with Crippen LogP contribution in [0.3, 0.4) is 0 Å². The maximum atomic E-state index is 12.1. The van der Waals surface area contributed by atoms with Gasteiger partial charge in [0.05, 0.1) is 0 Å². The molecule has 1 aromatic rings. The van der Waals surface area contributed by atoms with Gasteiger partial charge in [-0.2, -0.15) is 0 Å². The first-order chi connectivity index (χ1) is 13.2. The summed E-state index contributed by atoms with van der Waals surface area (Å²) >= 11 is 0. The number of carbonyl (C=O) groups excluding carboxylic acids is 2. The number of carbonyl (C=O) groups is 2. The fourth-order valence-corrected chi connectivity index (χ4v) is 3.09. The average Bonchev–Trinajstić information content (AvgIpc) is 2.59. The van der Waals surface area contributed by atoms with Crippen molar-refractivity contribution in [2.45, 2.75) is 73.3 Å². The molecule has 1 aromatic carbocycles. The maximum absolute atomic E-state index is 12.1. The van der Waals surface area contributed by atoms with Gasteiger partial charge in [0.2, 0.25) is 0 Å². The van der Waals surface area contributed by atoms with Crippen LogP contribution in [0.5, 0.6) is 5.75 Å². The Morgan fingerprint density at radius 2 is 1.55 bits per heavy atom. The van der Waals surface area contributed by atoms with Crippen molar-refractivity contribution < 1.29 is 19.1 Å². The summed E-state index contributed by atoms with van der Waals surface area (Å²) in [5.41, 5.74) is 2.75. The topological polar surface area (TPSA) is 52.6 Å². The fraction of sp³-hybridized carbons (Fsp3) is 0.520. The summed E-state index contributed by atoms with van der Waals surface area (Å²) in [5, 5.41) is 0. The highest BCUT2D eigenvalue weighted by Crippen LogP contribution is 2.32. The van der Waals surface area contributed by atoms with Gasteiger partial charge < -0.3 is 9.47 Å². The van der Waals surface area contributed by atoms with Crippen molar-refractivity contribution in [3.8, 4) is 5.75 Å². The smallest absolute Gasteiger partial charge is 0.338 e. The molecule has 0 aliphatic carbocycles. The Morgan fingerprint density at radius 1 is 1.00 bits per heavy atom. The van der Waals surface area contributed by atoms with E-state index in [1.807, 2.05) is 32.9 Å². The summed E-state index contributed by atoms with van der Waals surface area (Å²) in [6.45, 7) is 23.1. The molecule has 0 saturated heterocycles. The standard InChI is InChI=1S/C25H36O4/c1-15(2)22(29-24(27)17(5)6)18(7)13-19-14-20(25(8,9)10)11-12-21(19)28-23(26)16(3)4/h11-12,14-15,18,22H,3,5,13H2,1-2,4,6-10H3. The van der Waals surface area contributed by atoms with Crippen LogP contribution in [0.25, 0.3) is 0 Å². The van der Waals surface area contributed by atoms with E-state index in [1.165, 1.54) is 0 Å². The van der Waals surface area contributed by atoms with Gasteiger partial charge in [0.1, 0.15) is 11.9 Å². The summed E-state index contributed by atoms with van der Waals surface area (Å²) in [6, 6.07) is 5.90. The molecule has 0 radical (unpaired) electrons. The third kappa shape index (κ3) is 7.19. The third-order valence-corrected chi connectivity index (χ3v) is 4.83. The van der Waals surface area contributed by atoms with E-state index >= 15 is 0 Å². The number of esters is 2. The predicted octanol–water partition coefficient (Wildman–Crippen LogP) is 5.79. The van der Waals surface area contributed by atoms with E-state index in [4.69, 9.17) is 9.47 Å². The van der Waals surface area contributed by atoms with E-state index in [1.54, 1.807) is 13.8 Å². The maximum Gasteiger partial charge on any atom is 0.338 e. The Bertz CT molecular complexity index is 781. The second kappa shape index (κ2) is 9.91. The van der Waals surface area contributed by atoms with E-state index in [9.17, 15) is 9.59 Å². The quantitative estimate of drug-likeness (QED) is 0.315. The second-order valence-corrected chi connectivity index (χ2v) is 9.32. The third-order valence-electron chi connectivity index (χ3n) is 4.83. The van der Waals surface area contributed by atoms with Crippen molar-refractivity contribution in [1.29, 1.82) is 0 Å². The molecule has 0 N–H and O–H groups in total. The molecule has 4 nitrogen and oxygen atoms in total. The first-order valence-electron chi connectivity index (χ1n) is 10.1. The minimum Gasteiger partial charge on any atom is -0.458 e. The molecule has 160 valence electrons. The molecule has 0 fully saturated rings. The lowest BCUT2D eigenvalue weighted by molar-refractivity contribution is -0.149. The second-order valence-electron chi connectivity index (χ2n) is 9.32. The van der Waals surface area contributed by atoms with Gasteiger partial charge in [0.25, 0.3) is 0 Å². The Morgan fingerprint density at radius 3 is 2.00 bits per heavy atom. The van der Waals surface area contributed by atoms with E-state index in [2.05, 4.69) is 40.0 Å². The Labute approximate surface area is 176 Å². The minimum atomic E-state index is -0.448. The van der Waals surface area contributed by atoms with Gasteiger partial charge in [-0.15, -0.1) is 0 Å². The van der Waals surface area contributed by atoms with Gasteiger partial charge in [0.15, 0.2) is 0 Å². The Kier molecular flexibility index (Phi) is 8.43. The normalized spacial score (nSPS) is 13.6. The van der Waals surface area contributed by atoms with Gasteiger partial charge in [-0.05, 0) is 54.7 Å². The van der Waals surface area contributed by atoms with Gasteiger partial charge >= 0.3 is 11.9 Å². The summed E-state index contributed by atoms with van der Waals surface area (Å²) < 4.78 is 11.3. The molecule has 0 spiro atoms. The summed E-state index contributed by atoms with van der Waals surface area (Å²) in [4.78, 5) is 24.2. The van der Waals surface area contributed by atoms with E-state index in [0.717, 1.165) is 11.1 Å². The zero-order valence-electron chi connectivity index (χ0n) is 19.2. The van der Waals surface area contributed by atoms with Crippen molar-refractivity contribution in [2.24, 2.45) is 11.8 Å². The zero-order valence-corrected chi connectivity index (χ0v) is 19.2. The van der Waals surface area contributed by atoms with Gasteiger partial charge in [-0.1, -0.05) is 66.8 Å². The molecule has 0 aliphatic rings. The number of hydrogen-bond acceptors (Lipinski definition) is 4. The number of hydrogen-bond donors (Lipinski definition) is 0. The lowest BCUT2D eigenvalue weighted by Gasteiger charge is -2.29. The largest absolute Gasteiger partial charge is 0.458 e. The molecule has 0 saturated carbocycles. The zero-order chi connectivity index (χ0) is 22.5. The number of rotatable bonds is 8. The Hall–Kier alpha value is -2.36. The number of benzene rings is 1. The van der Waals surface area contributed by atoms with Crippen LogP contribution in [0.4, 0.5) is 0 Å². The molecule has 0 heterocycles. The monoisotopic (exact) mass is 400 g/mol. The first kappa shape index (κ1) is 24.7. The number of ether oxygens (including phenoxy) is 2. The molecule has 0 amide bonds. The minimum absolute atomic E-state index is 0.0239. The highest BCUT2D eigenvalue weighted by molar-refractivity contribution is 5.89. The molecular weight excluding hydrogens is 364 g/mol. The molecule has 2 unspecified atom stereocenters. The van der Waals surface area contributed by atoms with Gasteiger partial charge in [-0.25, -0.2) is 9.59 Å². The lowest BCUT2D eigenvalue weighted by Crippen LogP contribution is -2.32. The van der Waals surface area contributed by atoms with Crippen molar-refractivity contribution in [3.63, 3.8) is 0 Å². The first-order valence-corrected chi connectivity index (χ1v) is 10.1. The van der Waals surface area contributed by atoms with Crippen LogP contribution < -0.4 is 4.74 Å². The van der Waals surface area contributed by atoms with Crippen molar-refractivity contribution in [3.05, 3.63) is 53.6 Å². The molecule has 29 heavy (non-hydrogen) atoms. The molecule has 4 heteroatoms. The average molecular weight is 401 g/mol. The van der Waals surface area contributed by atoms with Crippen LogP contribution in [0.1, 0.15) is 66.5 Å². The molecule has 2 atom stereocenters. The predicted molar refractivity (Wildman–Crippen MR) is 118 cm³/mol. The van der Waals surface area contributed by atoms with Crippen molar-refractivity contribution in [1.82, 2.24) is 0 Å². The molecule has 1 rings (SSSR count). The summed E-state index contributed by atoms with van der Waals surface area (Å²) in [7, 11) is 0. The highest BCUT2D eigenvalue weighted by Gasteiger charge is 2.27. The van der Waals surface area contributed by atoms with Crippen LogP contribution in [0.15, 0.2) is 42.5 Å². The van der Waals surface area contributed by atoms with Crippen LogP contribution in [0, 0.1) is 11.8 Å². The van der Waals surface area contributed by atoms with Gasteiger partial charge in [0, 0.05) is 11.1 Å². The van der Waals surface area contributed by atoms with E-state index < -0.39 is 5.97 Å². The van der Waals surface area contributed by atoms with Crippen LogP contribution in [-0.2, 0) is 26.2 Å². The molecule has 0 aliphatic heterocycles. The fourth-order valence-electron chi connectivity index (χ4n) is 3.09. The Balaban J connectivity index is 3.26. The lowest BCUT2D eigenvalue weighted by atomic mass is 9.83. The SMILES string of the molecule is C=C(C)C(=O)Oc1ccc(C(C)(C)C)cc1CC(C)C(OC(=O)C(=C)C)C(C)C. The van der Waals surface area contributed by atoms with E-state index in [-0.39, 0.29) is 29.3 Å². The molecular formula is C25H36O4. The summed E-state index contributed by atoms with van der Waals surface area (Å²) in [6.07, 6.45) is 0.330. The van der Waals surface area contributed by atoms with Crippen molar-refractivity contribution >= 4 is 11.9 Å². The molecule has 0 bridgehead atoms. The molecule has 0 aromatic heterocycles. The van der Waals surface area contributed by atoms with Crippen LogP contribution in [-0.4, -0.2) is 18.0 Å². The van der Waals surface area contributed by atoms with E-state index in [0.29, 0.717) is 23.3 Å². The highest BCUT2D eigenvalue weighted by atomic mass is 16.5. The van der Waals surface area contributed by atoms with Crippen LogP contribution in [0.2, 0.25) is 0 Å². The van der Waals surface area contributed by atoms with Crippen LogP contribution >= 0.6 is 0 Å². The van der Waals surface area contributed by atoms with Crippen molar-refractivity contribution in [2.75, 3.05) is 0 Å².